The van der Waals surface area contributed by atoms with Crippen molar-refractivity contribution < 1.29 is 5.11 Å². The van der Waals surface area contributed by atoms with Gasteiger partial charge in [0.2, 0.25) is 0 Å². The molecule has 0 saturated heterocycles. The average molecular weight is 170 g/mol. The lowest BCUT2D eigenvalue weighted by Crippen LogP contribution is -2.00. The van der Waals surface area contributed by atoms with Gasteiger partial charge in [-0.2, -0.15) is 0 Å². The minimum atomic E-state index is 0.356. The van der Waals surface area contributed by atoms with E-state index >= 15 is 0 Å². The molecule has 0 bridgehead atoms. The van der Waals surface area contributed by atoms with Crippen molar-refractivity contribution in [2.75, 3.05) is 6.61 Å². The fraction of sp³-hybridized carbons (Fsp3) is 1.00. The summed E-state index contributed by atoms with van der Waals surface area (Å²) in [4.78, 5) is 0. The van der Waals surface area contributed by atoms with Crippen molar-refractivity contribution in [2.45, 2.75) is 46.5 Å². The molecule has 2 atom stereocenters. The predicted octanol–water partition coefficient (Wildman–Crippen LogP) is 2.83. The Morgan fingerprint density at radius 3 is 2.42 bits per heavy atom. The highest BCUT2D eigenvalue weighted by molar-refractivity contribution is 4.94. The van der Waals surface area contributed by atoms with Gasteiger partial charge in [0.25, 0.3) is 0 Å². The van der Waals surface area contributed by atoms with Gasteiger partial charge in [-0.05, 0) is 36.5 Å². The fourth-order valence-corrected chi connectivity index (χ4v) is 1.92. The van der Waals surface area contributed by atoms with Crippen molar-refractivity contribution >= 4 is 0 Å². The van der Waals surface area contributed by atoms with Crippen LogP contribution in [0.5, 0.6) is 0 Å². The van der Waals surface area contributed by atoms with Crippen LogP contribution >= 0.6 is 0 Å². The summed E-state index contributed by atoms with van der Waals surface area (Å²) in [5, 5.41) is 8.72. The molecular formula is C11H22O. The third-order valence-corrected chi connectivity index (χ3v) is 3.35. The number of hydrogen-bond donors (Lipinski definition) is 1. The van der Waals surface area contributed by atoms with Crippen molar-refractivity contribution in [2.24, 2.45) is 17.3 Å². The molecule has 12 heavy (non-hydrogen) atoms. The molecule has 1 rings (SSSR count). The minimum absolute atomic E-state index is 0.356. The lowest BCUT2D eigenvalue weighted by molar-refractivity contribution is 0.255. The largest absolute Gasteiger partial charge is 0.396 e. The minimum Gasteiger partial charge on any atom is -0.396 e. The molecule has 0 aromatic rings. The molecule has 1 fully saturated rings. The van der Waals surface area contributed by atoms with E-state index in [0.29, 0.717) is 17.9 Å². The molecule has 72 valence electrons. The average Bonchev–Trinajstić information content (AvgIpc) is 2.56. The number of aliphatic hydroxyl groups is 1. The molecular weight excluding hydrogens is 148 g/mol. The Hall–Kier alpha value is -0.0400. The van der Waals surface area contributed by atoms with Gasteiger partial charge < -0.3 is 5.11 Å². The summed E-state index contributed by atoms with van der Waals surface area (Å²) in [6.07, 6.45) is 5.06. The standard InChI is InChI=1S/C11H22O/c1-9(6-7-12)4-5-10-8-11(10,2)3/h9-10,12H,4-8H2,1-3H3/t9-,10-/m0/s1. The zero-order valence-electron chi connectivity index (χ0n) is 8.64. The molecule has 1 nitrogen and oxygen atoms in total. The van der Waals surface area contributed by atoms with Crippen LogP contribution in [-0.2, 0) is 0 Å². The van der Waals surface area contributed by atoms with Crippen molar-refractivity contribution in [1.82, 2.24) is 0 Å². The Bertz CT molecular complexity index is 140. The monoisotopic (exact) mass is 170 g/mol. The van der Waals surface area contributed by atoms with E-state index in [2.05, 4.69) is 20.8 Å². The van der Waals surface area contributed by atoms with Gasteiger partial charge in [0.05, 0.1) is 0 Å². The molecule has 0 amide bonds. The first kappa shape index (κ1) is 10.0. The molecule has 1 heteroatoms. The summed E-state index contributed by atoms with van der Waals surface area (Å²) in [5.74, 6) is 1.69. The van der Waals surface area contributed by atoms with E-state index in [4.69, 9.17) is 5.11 Å². The topological polar surface area (TPSA) is 20.2 Å². The second kappa shape index (κ2) is 3.78. The van der Waals surface area contributed by atoms with Crippen LogP contribution in [0, 0.1) is 17.3 Å². The maximum atomic E-state index is 8.72. The van der Waals surface area contributed by atoms with E-state index in [1.165, 1.54) is 19.3 Å². The quantitative estimate of drug-likeness (QED) is 0.672. The molecule has 0 spiro atoms. The van der Waals surface area contributed by atoms with Gasteiger partial charge in [-0.1, -0.05) is 27.2 Å². The number of hydrogen-bond acceptors (Lipinski definition) is 1. The second-order valence-corrected chi connectivity index (χ2v) is 5.08. The van der Waals surface area contributed by atoms with Crippen LogP contribution in [-0.4, -0.2) is 11.7 Å². The molecule has 1 aliphatic carbocycles. The summed E-state index contributed by atoms with van der Waals surface area (Å²) >= 11 is 0. The van der Waals surface area contributed by atoms with E-state index in [1.807, 2.05) is 0 Å². The predicted molar refractivity (Wildman–Crippen MR) is 52.0 cm³/mol. The van der Waals surface area contributed by atoms with Crippen LogP contribution in [0.25, 0.3) is 0 Å². The third-order valence-electron chi connectivity index (χ3n) is 3.35. The summed E-state index contributed by atoms with van der Waals surface area (Å²) in [5.41, 5.74) is 0.638. The third kappa shape index (κ3) is 2.78. The highest BCUT2D eigenvalue weighted by atomic mass is 16.3. The van der Waals surface area contributed by atoms with Crippen molar-refractivity contribution in [1.29, 1.82) is 0 Å². The SMILES string of the molecule is C[C@H](CCO)CC[C@H]1CC1(C)C. The van der Waals surface area contributed by atoms with Crippen LogP contribution in [0.15, 0.2) is 0 Å². The lowest BCUT2D eigenvalue weighted by atomic mass is 9.98. The van der Waals surface area contributed by atoms with Crippen LogP contribution in [0.3, 0.4) is 0 Å². The molecule has 0 radical (unpaired) electrons. The van der Waals surface area contributed by atoms with E-state index in [-0.39, 0.29) is 0 Å². The molecule has 0 aromatic carbocycles. The summed E-state index contributed by atoms with van der Waals surface area (Å²) < 4.78 is 0. The highest BCUT2D eigenvalue weighted by Gasteiger charge is 2.44. The molecule has 0 unspecified atom stereocenters. The first-order valence-electron chi connectivity index (χ1n) is 5.17. The molecule has 0 aliphatic heterocycles. The van der Waals surface area contributed by atoms with E-state index in [0.717, 1.165) is 12.3 Å². The molecule has 1 aliphatic rings. The van der Waals surface area contributed by atoms with Gasteiger partial charge in [0.1, 0.15) is 0 Å². The van der Waals surface area contributed by atoms with E-state index in [9.17, 15) is 0 Å². The number of rotatable bonds is 5. The molecule has 1 N–H and O–H groups in total. The van der Waals surface area contributed by atoms with Crippen LogP contribution in [0.4, 0.5) is 0 Å². The fourth-order valence-electron chi connectivity index (χ4n) is 1.92. The van der Waals surface area contributed by atoms with Gasteiger partial charge >= 0.3 is 0 Å². The maximum absolute atomic E-state index is 8.72. The van der Waals surface area contributed by atoms with E-state index < -0.39 is 0 Å². The van der Waals surface area contributed by atoms with Crippen molar-refractivity contribution in [3.63, 3.8) is 0 Å². The van der Waals surface area contributed by atoms with Gasteiger partial charge in [-0.15, -0.1) is 0 Å². The van der Waals surface area contributed by atoms with Gasteiger partial charge in [0, 0.05) is 6.61 Å². The van der Waals surface area contributed by atoms with Crippen LogP contribution in [0.2, 0.25) is 0 Å². The zero-order valence-corrected chi connectivity index (χ0v) is 8.64. The van der Waals surface area contributed by atoms with Gasteiger partial charge in [0.15, 0.2) is 0 Å². The molecule has 0 aromatic heterocycles. The normalized spacial score (nSPS) is 28.5. The maximum Gasteiger partial charge on any atom is 0.0433 e. The Morgan fingerprint density at radius 2 is 2.00 bits per heavy atom. The Kier molecular flexibility index (Phi) is 3.16. The van der Waals surface area contributed by atoms with Gasteiger partial charge in [-0.25, -0.2) is 0 Å². The first-order chi connectivity index (χ1) is 5.56. The smallest absolute Gasteiger partial charge is 0.0433 e. The molecule has 0 heterocycles. The zero-order chi connectivity index (χ0) is 9.19. The number of aliphatic hydroxyl groups excluding tert-OH is 1. The summed E-state index contributed by atoms with van der Waals surface area (Å²) in [7, 11) is 0. The van der Waals surface area contributed by atoms with Crippen molar-refractivity contribution in [3.8, 4) is 0 Å². The Morgan fingerprint density at radius 1 is 1.42 bits per heavy atom. The van der Waals surface area contributed by atoms with E-state index in [1.54, 1.807) is 0 Å². The van der Waals surface area contributed by atoms with Crippen LogP contribution < -0.4 is 0 Å². The summed E-state index contributed by atoms with van der Waals surface area (Å²) in [6.45, 7) is 7.31. The van der Waals surface area contributed by atoms with Crippen LogP contribution in [0.1, 0.15) is 46.5 Å². The van der Waals surface area contributed by atoms with Crippen molar-refractivity contribution in [3.05, 3.63) is 0 Å². The highest BCUT2D eigenvalue weighted by Crippen LogP contribution is 2.54. The summed E-state index contributed by atoms with van der Waals surface area (Å²) in [6, 6.07) is 0. The Labute approximate surface area is 76.2 Å². The second-order valence-electron chi connectivity index (χ2n) is 5.08. The van der Waals surface area contributed by atoms with Gasteiger partial charge in [-0.3, -0.25) is 0 Å². The molecule has 1 saturated carbocycles. The lowest BCUT2D eigenvalue weighted by Gasteiger charge is -2.09. The first-order valence-corrected chi connectivity index (χ1v) is 5.17. The Balaban J connectivity index is 2.03.